The van der Waals surface area contributed by atoms with Crippen LogP contribution < -0.4 is 9.64 Å². The molecule has 1 aliphatic heterocycles. The highest BCUT2D eigenvalue weighted by Gasteiger charge is 2.14. The second-order valence-electron chi connectivity index (χ2n) is 4.28. The van der Waals surface area contributed by atoms with Gasteiger partial charge in [-0.1, -0.05) is 15.9 Å². The largest absolute Gasteiger partial charge is 0.494 e. The van der Waals surface area contributed by atoms with Crippen molar-refractivity contribution in [2.45, 2.75) is 6.42 Å². The number of nitrogens with zero attached hydrogens (tertiary/aromatic N) is 2. The molecule has 3 nitrogen and oxygen atoms in total. The Morgan fingerprint density at radius 1 is 1.11 bits per heavy atom. The molecule has 0 radical (unpaired) electrons. The summed E-state index contributed by atoms with van der Waals surface area (Å²) in [5.41, 5.74) is 1.30. The highest BCUT2D eigenvalue weighted by Crippen LogP contribution is 2.21. The molecular weight excluding hydrogens is 407 g/mol. The molecule has 1 aromatic carbocycles. The summed E-state index contributed by atoms with van der Waals surface area (Å²) in [5.74, 6) is 0.965. The second-order valence-corrected chi connectivity index (χ2v) is 6.44. The first-order valence-electron chi connectivity index (χ1n) is 6.24. The number of halogens is 2. The molecule has 1 heterocycles. The first-order chi connectivity index (χ1) is 8.79. The highest BCUT2D eigenvalue weighted by molar-refractivity contribution is 14.1. The van der Waals surface area contributed by atoms with Gasteiger partial charge in [0.2, 0.25) is 0 Å². The lowest BCUT2D eigenvalue weighted by Gasteiger charge is -2.32. The number of piperazine rings is 1. The molecule has 5 heteroatoms. The summed E-state index contributed by atoms with van der Waals surface area (Å²) in [6.45, 7) is 5.24. The zero-order valence-electron chi connectivity index (χ0n) is 10.3. The molecule has 0 atom stereocenters. The molecule has 1 aliphatic rings. The zero-order chi connectivity index (χ0) is 12.8. The van der Waals surface area contributed by atoms with Gasteiger partial charge in [-0.3, -0.25) is 0 Å². The fourth-order valence-electron chi connectivity index (χ4n) is 1.94. The fraction of sp³-hybridized carbons (Fsp3) is 0.538. The average molecular weight is 425 g/mol. The Bertz CT molecular complexity index is 353. The topological polar surface area (TPSA) is 15.7 Å². The summed E-state index contributed by atoms with van der Waals surface area (Å²) in [7, 11) is 0. The molecule has 0 aromatic heterocycles. The van der Waals surface area contributed by atoms with Crippen LogP contribution in [-0.2, 0) is 0 Å². The van der Waals surface area contributed by atoms with Crippen molar-refractivity contribution < 1.29 is 4.74 Å². The molecule has 0 aliphatic carbocycles. The van der Waals surface area contributed by atoms with Gasteiger partial charge in [0.15, 0.2) is 0 Å². The van der Waals surface area contributed by atoms with Crippen LogP contribution in [0.3, 0.4) is 0 Å². The lowest BCUT2D eigenvalue weighted by molar-refractivity contribution is 0.319. The SMILES string of the molecule is BrCCCOc1ccc(N2CCN(I)CC2)cc1. The molecule has 18 heavy (non-hydrogen) atoms. The van der Waals surface area contributed by atoms with Crippen LogP contribution in [0, 0.1) is 0 Å². The Morgan fingerprint density at radius 3 is 2.39 bits per heavy atom. The zero-order valence-corrected chi connectivity index (χ0v) is 14.1. The number of hydrogen-bond donors (Lipinski definition) is 0. The first-order valence-corrected chi connectivity index (χ1v) is 8.33. The standard InChI is InChI=1S/C13H18BrIN2O/c14-6-1-11-18-13-4-2-12(3-5-13)16-7-9-17(15)10-8-16/h2-5H,1,6-11H2. The third kappa shape index (κ3) is 4.28. The average Bonchev–Trinajstić information content (AvgIpc) is 2.41. The number of benzene rings is 1. The number of ether oxygens (including phenoxy) is 1. The van der Waals surface area contributed by atoms with Gasteiger partial charge in [0.1, 0.15) is 5.75 Å². The summed E-state index contributed by atoms with van der Waals surface area (Å²) < 4.78 is 7.99. The van der Waals surface area contributed by atoms with Gasteiger partial charge in [0.25, 0.3) is 0 Å². The maximum absolute atomic E-state index is 5.65. The number of alkyl halides is 1. The minimum Gasteiger partial charge on any atom is -0.494 e. The summed E-state index contributed by atoms with van der Waals surface area (Å²) in [4.78, 5) is 2.43. The van der Waals surface area contributed by atoms with Gasteiger partial charge in [-0.05, 0) is 30.7 Å². The summed E-state index contributed by atoms with van der Waals surface area (Å²) >= 11 is 5.79. The third-order valence-corrected chi connectivity index (χ3v) is 4.50. The molecule has 1 aromatic rings. The highest BCUT2D eigenvalue weighted by atomic mass is 127. The van der Waals surface area contributed by atoms with E-state index in [-0.39, 0.29) is 0 Å². The Labute approximate surface area is 131 Å². The van der Waals surface area contributed by atoms with E-state index in [0.717, 1.165) is 50.3 Å². The second kappa shape index (κ2) is 7.55. The first kappa shape index (κ1) is 14.4. The van der Waals surface area contributed by atoms with E-state index in [2.05, 4.69) is 71.1 Å². The molecule has 2 rings (SSSR count). The van der Waals surface area contributed by atoms with Crippen LogP contribution in [0.25, 0.3) is 0 Å². The normalized spacial score (nSPS) is 16.9. The van der Waals surface area contributed by atoms with E-state index in [1.54, 1.807) is 0 Å². The molecule has 1 saturated heterocycles. The van der Waals surface area contributed by atoms with Crippen molar-refractivity contribution in [1.29, 1.82) is 0 Å². The van der Waals surface area contributed by atoms with E-state index < -0.39 is 0 Å². The quantitative estimate of drug-likeness (QED) is 0.312. The molecule has 100 valence electrons. The predicted octanol–water partition coefficient (Wildman–Crippen LogP) is 3.32. The van der Waals surface area contributed by atoms with Crippen molar-refractivity contribution in [3.63, 3.8) is 0 Å². The Hall–Kier alpha value is -0.0100. The lowest BCUT2D eigenvalue weighted by atomic mass is 10.2. The van der Waals surface area contributed by atoms with Crippen molar-refractivity contribution in [2.75, 3.05) is 43.0 Å². The molecule has 0 bridgehead atoms. The van der Waals surface area contributed by atoms with Crippen molar-refractivity contribution in [1.82, 2.24) is 3.11 Å². The summed E-state index contributed by atoms with van der Waals surface area (Å²) in [5, 5.41) is 0.992. The predicted molar refractivity (Wildman–Crippen MR) is 88.2 cm³/mol. The Kier molecular flexibility index (Phi) is 6.04. The number of anilines is 1. The van der Waals surface area contributed by atoms with Crippen LogP contribution in [0.2, 0.25) is 0 Å². The maximum Gasteiger partial charge on any atom is 0.119 e. The molecule has 0 saturated carbocycles. The van der Waals surface area contributed by atoms with E-state index in [1.165, 1.54) is 5.69 Å². The van der Waals surface area contributed by atoms with E-state index >= 15 is 0 Å². The van der Waals surface area contributed by atoms with Crippen molar-refractivity contribution in [3.8, 4) is 5.75 Å². The number of rotatable bonds is 5. The monoisotopic (exact) mass is 424 g/mol. The molecule has 0 N–H and O–H groups in total. The van der Waals surface area contributed by atoms with E-state index in [9.17, 15) is 0 Å². The molecule has 0 spiro atoms. The van der Waals surface area contributed by atoms with Crippen molar-refractivity contribution >= 4 is 44.5 Å². The Balaban J connectivity index is 1.87. The minimum absolute atomic E-state index is 0.776. The third-order valence-electron chi connectivity index (χ3n) is 2.97. The van der Waals surface area contributed by atoms with Crippen LogP contribution in [0.5, 0.6) is 5.75 Å². The lowest BCUT2D eigenvalue weighted by Crippen LogP contribution is -2.42. The van der Waals surface area contributed by atoms with E-state index in [4.69, 9.17) is 4.74 Å². The van der Waals surface area contributed by atoms with Crippen LogP contribution in [0.1, 0.15) is 6.42 Å². The summed E-state index contributed by atoms with van der Waals surface area (Å²) in [6.07, 6.45) is 1.04. The van der Waals surface area contributed by atoms with Gasteiger partial charge in [-0.2, -0.15) is 0 Å². The minimum atomic E-state index is 0.776. The number of hydrogen-bond acceptors (Lipinski definition) is 3. The molecule has 0 amide bonds. The van der Waals surface area contributed by atoms with E-state index in [0.29, 0.717) is 0 Å². The van der Waals surface area contributed by atoms with Crippen molar-refractivity contribution in [2.24, 2.45) is 0 Å². The molecule has 1 fully saturated rings. The van der Waals surface area contributed by atoms with Gasteiger partial charge in [-0.15, -0.1) is 0 Å². The summed E-state index contributed by atoms with van der Waals surface area (Å²) in [6, 6.07) is 8.46. The van der Waals surface area contributed by atoms with E-state index in [1.807, 2.05) is 0 Å². The smallest absolute Gasteiger partial charge is 0.119 e. The van der Waals surface area contributed by atoms with Gasteiger partial charge in [0, 0.05) is 60.1 Å². The van der Waals surface area contributed by atoms with Gasteiger partial charge in [-0.25, -0.2) is 3.11 Å². The van der Waals surface area contributed by atoms with Crippen LogP contribution in [0.15, 0.2) is 24.3 Å². The van der Waals surface area contributed by atoms with Gasteiger partial charge < -0.3 is 9.64 Å². The molecule has 0 unspecified atom stereocenters. The maximum atomic E-state index is 5.65. The van der Waals surface area contributed by atoms with Crippen LogP contribution >= 0.6 is 38.8 Å². The molecular formula is C13H18BrIN2O. The van der Waals surface area contributed by atoms with Crippen LogP contribution in [-0.4, -0.2) is 41.2 Å². The van der Waals surface area contributed by atoms with Gasteiger partial charge >= 0.3 is 0 Å². The fourth-order valence-corrected chi connectivity index (χ4v) is 2.60. The van der Waals surface area contributed by atoms with Crippen molar-refractivity contribution in [3.05, 3.63) is 24.3 Å². The Morgan fingerprint density at radius 2 is 1.78 bits per heavy atom. The van der Waals surface area contributed by atoms with Crippen LogP contribution in [0.4, 0.5) is 5.69 Å². The van der Waals surface area contributed by atoms with Gasteiger partial charge in [0.05, 0.1) is 6.61 Å².